The van der Waals surface area contributed by atoms with E-state index in [1.165, 1.54) is 56.5 Å². The molecule has 2 rings (SSSR count). The van der Waals surface area contributed by atoms with Crippen LogP contribution in [-0.4, -0.2) is 29.8 Å². The summed E-state index contributed by atoms with van der Waals surface area (Å²) in [6.07, 6.45) is 8.75. The second kappa shape index (κ2) is 8.02. The van der Waals surface area contributed by atoms with Crippen molar-refractivity contribution in [1.82, 2.24) is 5.43 Å². The van der Waals surface area contributed by atoms with Crippen LogP contribution in [0.25, 0.3) is 0 Å². The number of hydrazine groups is 1. The van der Waals surface area contributed by atoms with Gasteiger partial charge < -0.3 is 4.74 Å². The third kappa shape index (κ3) is 3.90. The number of thioether (sulfide) groups is 1. The summed E-state index contributed by atoms with van der Waals surface area (Å²) in [6.45, 7) is 5.51. The summed E-state index contributed by atoms with van der Waals surface area (Å²) in [6, 6.07) is 0.470. The molecule has 4 heteroatoms. The number of hydrogen-bond donors (Lipinski definition) is 2. The van der Waals surface area contributed by atoms with Crippen molar-refractivity contribution in [2.24, 2.45) is 17.7 Å². The fourth-order valence-electron chi connectivity index (χ4n) is 4.00. The highest BCUT2D eigenvalue weighted by atomic mass is 32.2. The molecule has 2 aliphatic heterocycles. The fourth-order valence-corrected chi connectivity index (χ4v) is 5.37. The van der Waals surface area contributed by atoms with Crippen LogP contribution in [0.15, 0.2) is 0 Å². The molecule has 0 amide bonds. The molecule has 0 radical (unpaired) electrons. The van der Waals surface area contributed by atoms with Crippen LogP contribution in [-0.2, 0) is 4.74 Å². The van der Waals surface area contributed by atoms with Crippen molar-refractivity contribution in [3.63, 3.8) is 0 Å². The quantitative estimate of drug-likeness (QED) is 0.559. The van der Waals surface area contributed by atoms with Crippen LogP contribution in [0, 0.1) is 11.8 Å². The van der Waals surface area contributed by atoms with Crippen LogP contribution in [0.3, 0.4) is 0 Å². The first-order chi connectivity index (χ1) is 9.74. The zero-order valence-corrected chi connectivity index (χ0v) is 14.0. The number of hydrogen-bond acceptors (Lipinski definition) is 4. The Morgan fingerprint density at radius 2 is 2.30 bits per heavy atom. The van der Waals surface area contributed by atoms with E-state index >= 15 is 0 Å². The minimum Gasteiger partial charge on any atom is -0.374 e. The Labute approximate surface area is 128 Å². The Morgan fingerprint density at radius 1 is 1.45 bits per heavy atom. The Hall–Kier alpha value is 0.230. The van der Waals surface area contributed by atoms with Crippen molar-refractivity contribution in [1.29, 1.82) is 0 Å². The zero-order valence-electron chi connectivity index (χ0n) is 13.2. The summed E-state index contributed by atoms with van der Waals surface area (Å²) in [5, 5.41) is 0. The normalized spacial score (nSPS) is 33.5. The molecule has 0 aliphatic carbocycles. The Balaban J connectivity index is 1.98. The Bertz CT molecular complexity index is 282. The maximum atomic E-state index is 6.16. The first-order valence-electron chi connectivity index (χ1n) is 8.42. The molecule has 2 heterocycles. The van der Waals surface area contributed by atoms with E-state index in [0.717, 1.165) is 6.61 Å². The molecule has 0 aromatic rings. The highest BCUT2D eigenvalue weighted by Gasteiger charge is 2.43. The molecule has 0 aromatic carbocycles. The van der Waals surface area contributed by atoms with Crippen LogP contribution in [0.5, 0.6) is 0 Å². The highest BCUT2D eigenvalue weighted by molar-refractivity contribution is 7.99. The first kappa shape index (κ1) is 16.6. The largest absolute Gasteiger partial charge is 0.374 e. The van der Waals surface area contributed by atoms with Crippen LogP contribution in [0.1, 0.15) is 58.8 Å². The number of nitrogens with one attached hydrogen (secondary N) is 1. The van der Waals surface area contributed by atoms with Crippen molar-refractivity contribution in [2.45, 2.75) is 70.4 Å². The second-order valence-electron chi connectivity index (χ2n) is 6.59. The smallest absolute Gasteiger partial charge is 0.0783 e. The van der Waals surface area contributed by atoms with E-state index in [2.05, 4.69) is 31.0 Å². The molecule has 1 spiro atoms. The zero-order chi connectivity index (χ0) is 14.4. The summed E-state index contributed by atoms with van der Waals surface area (Å²) in [7, 11) is 0. The van der Waals surface area contributed by atoms with Gasteiger partial charge in [-0.1, -0.05) is 33.1 Å². The van der Waals surface area contributed by atoms with Crippen molar-refractivity contribution in [3.8, 4) is 0 Å². The van der Waals surface area contributed by atoms with E-state index < -0.39 is 0 Å². The second-order valence-corrected chi connectivity index (χ2v) is 7.70. The summed E-state index contributed by atoms with van der Waals surface area (Å²) < 4.78 is 6.16. The van der Waals surface area contributed by atoms with Gasteiger partial charge in [-0.15, -0.1) is 0 Å². The number of ether oxygens (including phenoxy) is 1. The molecule has 2 saturated heterocycles. The summed E-state index contributed by atoms with van der Waals surface area (Å²) in [5.74, 6) is 9.80. The monoisotopic (exact) mass is 300 g/mol. The van der Waals surface area contributed by atoms with Crippen LogP contribution < -0.4 is 11.3 Å². The molecular formula is C16H32N2OS. The molecule has 2 aliphatic rings. The molecule has 20 heavy (non-hydrogen) atoms. The van der Waals surface area contributed by atoms with Gasteiger partial charge in [0.15, 0.2) is 0 Å². The topological polar surface area (TPSA) is 47.3 Å². The molecule has 118 valence electrons. The predicted octanol–water partition coefficient (Wildman–Crippen LogP) is 3.34. The number of unbranched alkanes of at least 4 members (excludes halogenated alkanes) is 1. The van der Waals surface area contributed by atoms with Crippen molar-refractivity contribution in [3.05, 3.63) is 0 Å². The summed E-state index contributed by atoms with van der Waals surface area (Å²) in [5.41, 5.74) is 3.35. The SMILES string of the molecule is CCCCC(CC)C(NN)C1CCOC2(CCSC2)C1. The lowest BCUT2D eigenvalue weighted by Gasteiger charge is -2.43. The molecule has 0 aromatic heterocycles. The van der Waals surface area contributed by atoms with Gasteiger partial charge in [0.25, 0.3) is 0 Å². The van der Waals surface area contributed by atoms with Gasteiger partial charge in [-0.2, -0.15) is 11.8 Å². The van der Waals surface area contributed by atoms with Gasteiger partial charge in [-0.05, 0) is 43.3 Å². The van der Waals surface area contributed by atoms with Gasteiger partial charge in [0, 0.05) is 18.4 Å². The van der Waals surface area contributed by atoms with E-state index in [0.29, 0.717) is 17.9 Å². The lowest BCUT2D eigenvalue weighted by molar-refractivity contribution is -0.0888. The molecular weight excluding hydrogens is 268 g/mol. The van der Waals surface area contributed by atoms with E-state index in [4.69, 9.17) is 10.6 Å². The number of rotatable bonds is 7. The minimum atomic E-state index is 0.172. The maximum Gasteiger partial charge on any atom is 0.0783 e. The molecule has 0 bridgehead atoms. The van der Waals surface area contributed by atoms with Crippen LogP contribution in [0.4, 0.5) is 0 Å². The average molecular weight is 301 g/mol. The van der Waals surface area contributed by atoms with E-state index in [1.807, 2.05) is 0 Å². The van der Waals surface area contributed by atoms with Gasteiger partial charge in [0.1, 0.15) is 0 Å². The lowest BCUT2D eigenvalue weighted by atomic mass is 9.75. The number of nitrogens with two attached hydrogens (primary N) is 1. The van der Waals surface area contributed by atoms with E-state index in [1.54, 1.807) is 0 Å². The highest BCUT2D eigenvalue weighted by Crippen LogP contribution is 2.42. The van der Waals surface area contributed by atoms with Gasteiger partial charge >= 0.3 is 0 Å². The fraction of sp³-hybridized carbons (Fsp3) is 1.00. The van der Waals surface area contributed by atoms with Crippen LogP contribution in [0.2, 0.25) is 0 Å². The lowest BCUT2D eigenvalue weighted by Crippen LogP contribution is -2.51. The third-order valence-corrected chi connectivity index (χ3v) is 6.48. The predicted molar refractivity (Wildman–Crippen MR) is 87.8 cm³/mol. The standard InChI is InChI=1S/C16H32N2OS/c1-3-5-6-13(4-2)15(18-17)14-7-9-19-16(11-14)8-10-20-12-16/h13-15,18H,3-12,17H2,1-2H3. The van der Waals surface area contributed by atoms with E-state index in [9.17, 15) is 0 Å². The third-order valence-electron chi connectivity index (χ3n) is 5.26. The molecule has 4 unspecified atom stereocenters. The van der Waals surface area contributed by atoms with Crippen LogP contribution >= 0.6 is 11.8 Å². The summed E-state index contributed by atoms with van der Waals surface area (Å²) >= 11 is 2.05. The molecule has 4 atom stereocenters. The van der Waals surface area contributed by atoms with Gasteiger partial charge in [0.05, 0.1) is 5.60 Å². The first-order valence-corrected chi connectivity index (χ1v) is 9.58. The van der Waals surface area contributed by atoms with Crippen molar-refractivity contribution in [2.75, 3.05) is 18.1 Å². The maximum absolute atomic E-state index is 6.16. The van der Waals surface area contributed by atoms with Gasteiger partial charge in [-0.25, -0.2) is 0 Å². The average Bonchev–Trinajstić information content (AvgIpc) is 2.91. The molecule has 2 fully saturated rings. The summed E-state index contributed by atoms with van der Waals surface area (Å²) in [4.78, 5) is 0. The molecule has 3 nitrogen and oxygen atoms in total. The Morgan fingerprint density at radius 3 is 2.90 bits per heavy atom. The molecule has 0 saturated carbocycles. The van der Waals surface area contributed by atoms with Crippen molar-refractivity contribution < 1.29 is 4.74 Å². The van der Waals surface area contributed by atoms with Gasteiger partial charge in [-0.3, -0.25) is 11.3 Å². The van der Waals surface area contributed by atoms with Crippen molar-refractivity contribution >= 4 is 11.8 Å². The minimum absolute atomic E-state index is 0.172. The molecule has 3 N–H and O–H groups in total. The Kier molecular flexibility index (Phi) is 6.66. The van der Waals surface area contributed by atoms with E-state index in [-0.39, 0.29) is 5.60 Å². The van der Waals surface area contributed by atoms with Gasteiger partial charge in [0.2, 0.25) is 0 Å².